The van der Waals surface area contributed by atoms with Crippen LogP contribution in [0.2, 0.25) is 0 Å². The fourth-order valence-electron chi connectivity index (χ4n) is 2.84. The maximum absolute atomic E-state index is 12.8. The number of rotatable bonds is 4. The zero-order valence-corrected chi connectivity index (χ0v) is 12.9. The highest BCUT2D eigenvalue weighted by Gasteiger charge is 2.30. The van der Waals surface area contributed by atoms with E-state index in [1.807, 2.05) is 0 Å². The van der Waals surface area contributed by atoms with E-state index in [1.165, 1.54) is 4.57 Å². The first kappa shape index (κ1) is 15.9. The molecule has 1 aliphatic rings. The number of nitrogens with one attached hydrogen (secondary N) is 1. The molecule has 3 rings (SSSR count). The van der Waals surface area contributed by atoms with Gasteiger partial charge in [0.05, 0.1) is 5.39 Å². The van der Waals surface area contributed by atoms with Gasteiger partial charge in [-0.2, -0.15) is 0 Å². The topological polar surface area (TPSA) is 107 Å². The van der Waals surface area contributed by atoms with Crippen LogP contribution < -0.4 is 15.6 Å². The van der Waals surface area contributed by atoms with Gasteiger partial charge in [0.15, 0.2) is 6.29 Å². The minimum atomic E-state index is -0.772. The van der Waals surface area contributed by atoms with Crippen molar-refractivity contribution in [1.29, 1.82) is 0 Å². The number of piperidine rings is 1. The van der Waals surface area contributed by atoms with Gasteiger partial charge in [-0.15, -0.1) is 0 Å². The molecule has 1 aromatic carbocycles. The molecule has 2 amide bonds. The lowest BCUT2D eigenvalue weighted by Gasteiger charge is -2.24. The summed E-state index contributed by atoms with van der Waals surface area (Å²) in [6.07, 6.45) is 1.03. The fourth-order valence-corrected chi connectivity index (χ4v) is 2.84. The molecule has 2 heterocycles. The third kappa shape index (κ3) is 2.66. The number of para-hydroxylation sites is 1. The average molecular weight is 329 g/mol. The monoisotopic (exact) mass is 329 g/mol. The summed E-state index contributed by atoms with van der Waals surface area (Å²) in [5.41, 5.74) is -0.0473. The Morgan fingerprint density at radius 1 is 1.38 bits per heavy atom. The summed E-state index contributed by atoms with van der Waals surface area (Å²) in [4.78, 5) is 51.1. The molecule has 0 aliphatic carbocycles. The van der Waals surface area contributed by atoms with E-state index in [1.54, 1.807) is 25.1 Å². The highest BCUT2D eigenvalue weighted by atomic mass is 16.5. The summed E-state index contributed by atoms with van der Waals surface area (Å²) in [5.74, 6) is -0.189. The lowest BCUT2D eigenvalue weighted by atomic mass is 10.1. The van der Waals surface area contributed by atoms with E-state index in [0.29, 0.717) is 23.4 Å². The first-order chi connectivity index (χ1) is 11.5. The Morgan fingerprint density at radius 3 is 2.88 bits per heavy atom. The summed E-state index contributed by atoms with van der Waals surface area (Å²) >= 11 is 0. The first-order valence-electron chi connectivity index (χ1n) is 7.45. The predicted octanol–water partition coefficient (Wildman–Crippen LogP) is 0.260. The van der Waals surface area contributed by atoms with Crippen molar-refractivity contribution in [2.24, 2.45) is 0 Å². The Hall–Kier alpha value is -3.03. The SMILES string of the molecule is Cc1nc2c(OCC=O)cccc2c(=O)n1C1CCC(=O)NC1=O. The number of hydrogen-bond acceptors (Lipinski definition) is 6. The molecule has 1 N–H and O–H groups in total. The van der Waals surface area contributed by atoms with Crippen molar-refractivity contribution in [3.8, 4) is 5.75 Å². The number of aryl methyl sites for hydroxylation is 1. The minimum Gasteiger partial charge on any atom is -0.484 e. The van der Waals surface area contributed by atoms with Crippen molar-refractivity contribution in [3.63, 3.8) is 0 Å². The third-order valence-electron chi connectivity index (χ3n) is 3.90. The number of aldehydes is 1. The number of carbonyl (C=O) groups excluding carboxylic acids is 3. The van der Waals surface area contributed by atoms with Crippen LogP contribution in [0.5, 0.6) is 5.75 Å². The van der Waals surface area contributed by atoms with Gasteiger partial charge in [-0.3, -0.25) is 29.1 Å². The van der Waals surface area contributed by atoms with Crippen LogP contribution in [0.1, 0.15) is 24.7 Å². The van der Waals surface area contributed by atoms with Crippen LogP contribution in [0.25, 0.3) is 10.9 Å². The molecule has 1 saturated heterocycles. The molecule has 1 unspecified atom stereocenters. The molecule has 8 nitrogen and oxygen atoms in total. The van der Waals surface area contributed by atoms with Crippen LogP contribution in [-0.2, 0) is 14.4 Å². The number of benzene rings is 1. The van der Waals surface area contributed by atoms with Crippen molar-refractivity contribution >= 4 is 29.0 Å². The molecule has 1 fully saturated rings. The molecule has 1 atom stereocenters. The molecule has 124 valence electrons. The molecule has 0 radical (unpaired) electrons. The van der Waals surface area contributed by atoms with Crippen molar-refractivity contribution < 1.29 is 19.1 Å². The second-order valence-corrected chi connectivity index (χ2v) is 5.43. The summed E-state index contributed by atoms with van der Waals surface area (Å²) < 4.78 is 6.60. The van der Waals surface area contributed by atoms with Gasteiger partial charge in [-0.1, -0.05) is 6.07 Å². The number of imide groups is 1. The molecular formula is C16H15N3O5. The Labute approximate surface area is 136 Å². The number of amides is 2. The maximum atomic E-state index is 12.8. The molecule has 8 heteroatoms. The van der Waals surface area contributed by atoms with E-state index in [0.717, 1.165) is 0 Å². The molecule has 0 saturated carbocycles. The lowest BCUT2D eigenvalue weighted by molar-refractivity contribution is -0.135. The summed E-state index contributed by atoms with van der Waals surface area (Å²) in [5, 5.41) is 2.53. The average Bonchev–Trinajstić information content (AvgIpc) is 2.55. The summed E-state index contributed by atoms with van der Waals surface area (Å²) in [6.45, 7) is 1.47. The Balaban J connectivity index is 2.14. The van der Waals surface area contributed by atoms with Crippen LogP contribution in [0, 0.1) is 6.92 Å². The molecule has 24 heavy (non-hydrogen) atoms. The van der Waals surface area contributed by atoms with Crippen molar-refractivity contribution in [1.82, 2.24) is 14.9 Å². The van der Waals surface area contributed by atoms with E-state index < -0.39 is 11.9 Å². The Bertz CT molecular complexity index is 902. The van der Waals surface area contributed by atoms with Gasteiger partial charge in [-0.25, -0.2) is 4.98 Å². The maximum Gasteiger partial charge on any atom is 0.262 e. The predicted molar refractivity (Wildman–Crippen MR) is 83.7 cm³/mol. The highest BCUT2D eigenvalue weighted by molar-refractivity contribution is 5.99. The number of ether oxygens (including phenoxy) is 1. The van der Waals surface area contributed by atoms with Gasteiger partial charge in [0.1, 0.15) is 29.7 Å². The van der Waals surface area contributed by atoms with Gasteiger partial charge in [0.25, 0.3) is 5.56 Å². The largest absolute Gasteiger partial charge is 0.484 e. The molecular weight excluding hydrogens is 314 g/mol. The van der Waals surface area contributed by atoms with Crippen LogP contribution in [0.4, 0.5) is 0 Å². The quantitative estimate of drug-likeness (QED) is 0.637. The van der Waals surface area contributed by atoms with Crippen molar-refractivity contribution in [2.75, 3.05) is 6.61 Å². The van der Waals surface area contributed by atoms with Gasteiger partial charge >= 0.3 is 0 Å². The van der Waals surface area contributed by atoms with E-state index in [4.69, 9.17) is 4.74 Å². The number of fused-ring (bicyclic) bond motifs is 1. The zero-order chi connectivity index (χ0) is 17.3. The normalized spacial score (nSPS) is 17.6. The van der Waals surface area contributed by atoms with E-state index in [9.17, 15) is 19.2 Å². The van der Waals surface area contributed by atoms with E-state index in [-0.39, 0.29) is 36.3 Å². The Kier molecular flexibility index (Phi) is 4.11. The van der Waals surface area contributed by atoms with Crippen LogP contribution in [0.15, 0.2) is 23.0 Å². The minimum absolute atomic E-state index is 0.143. The van der Waals surface area contributed by atoms with Gasteiger partial charge in [-0.05, 0) is 25.5 Å². The molecule has 1 aromatic heterocycles. The smallest absolute Gasteiger partial charge is 0.262 e. The fraction of sp³-hybridized carbons (Fsp3) is 0.312. The molecule has 0 spiro atoms. The van der Waals surface area contributed by atoms with Gasteiger partial charge < -0.3 is 4.74 Å². The van der Waals surface area contributed by atoms with E-state index in [2.05, 4.69) is 10.3 Å². The van der Waals surface area contributed by atoms with Gasteiger partial charge in [0, 0.05) is 6.42 Å². The number of nitrogens with zero attached hydrogens (tertiary/aromatic N) is 2. The van der Waals surface area contributed by atoms with Crippen molar-refractivity contribution in [3.05, 3.63) is 34.4 Å². The second-order valence-electron chi connectivity index (χ2n) is 5.43. The first-order valence-corrected chi connectivity index (χ1v) is 7.45. The van der Waals surface area contributed by atoms with E-state index >= 15 is 0 Å². The summed E-state index contributed by atoms with van der Waals surface area (Å²) in [6, 6.07) is 4.05. The van der Waals surface area contributed by atoms with Crippen LogP contribution in [-0.4, -0.2) is 34.3 Å². The second kappa shape index (κ2) is 6.23. The summed E-state index contributed by atoms with van der Waals surface area (Å²) in [7, 11) is 0. The molecule has 1 aliphatic heterocycles. The molecule has 2 aromatic rings. The van der Waals surface area contributed by atoms with Gasteiger partial charge in [0.2, 0.25) is 11.8 Å². The van der Waals surface area contributed by atoms with Crippen molar-refractivity contribution in [2.45, 2.75) is 25.8 Å². The van der Waals surface area contributed by atoms with Crippen LogP contribution in [0.3, 0.4) is 0 Å². The number of aromatic nitrogens is 2. The number of carbonyl (C=O) groups is 3. The third-order valence-corrected chi connectivity index (χ3v) is 3.90. The lowest BCUT2D eigenvalue weighted by Crippen LogP contribution is -2.45. The number of hydrogen-bond donors (Lipinski definition) is 1. The standard InChI is InChI=1S/C16H15N3O5/c1-9-17-14-10(3-2-4-12(14)24-8-7-20)16(23)19(9)11-5-6-13(21)18-15(11)22/h2-4,7,11H,5-6,8H2,1H3,(H,18,21,22). The zero-order valence-electron chi connectivity index (χ0n) is 12.9. The highest BCUT2D eigenvalue weighted by Crippen LogP contribution is 2.24. The Morgan fingerprint density at radius 2 is 2.17 bits per heavy atom. The van der Waals surface area contributed by atoms with Crippen LogP contribution >= 0.6 is 0 Å². The molecule has 0 bridgehead atoms.